The summed E-state index contributed by atoms with van der Waals surface area (Å²) in [5.41, 5.74) is 4.17. The summed E-state index contributed by atoms with van der Waals surface area (Å²) in [7, 11) is 0. The van der Waals surface area contributed by atoms with Crippen LogP contribution in [0.15, 0.2) is 30.3 Å². The molecule has 2 aromatic rings. The minimum Gasteiger partial charge on any atom is -0.313 e. The van der Waals surface area contributed by atoms with Crippen LogP contribution < -0.4 is 5.32 Å². The topological polar surface area (TPSA) is 52.9 Å². The molecule has 0 saturated carbocycles. The number of thiophene rings is 1. The van der Waals surface area contributed by atoms with Gasteiger partial charge in [0.1, 0.15) is 11.1 Å². The Bertz CT molecular complexity index is 923. The highest BCUT2D eigenvalue weighted by atomic mass is 32.1. The number of amides is 1. The summed E-state index contributed by atoms with van der Waals surface area (Å²) in [5, 5.41) is 13.2. The van der Waals surface area contributed by atoms with Gasteiger partial charge >= 0.3 is 0 Å². The molecule has 146 valence electrons. The van der Waals surface area contributed by atoms with E-state index < -0.39 is 0 Å². The molecule has 1 aromatic heterocycles. The zero-order chi connectivity index (χ0) is 20.3. The largest absolute Gasteiger partial charge is 0.313 e. The first-order valence-corrected chi connectivity index (χ1v) is 10.8. The van der Waals surface area contributed by atoms with Crippen molar-refractivity contribution in [3.05, 3.63) is 57.5 Å². The summed E-state index contributed by atoms with van der Waals surface area (Å²) in [6.07, 6.45) is 7.62. The summed E-state index contributed by atoms with van der Waals surface area (Å²) in [4.78, 5) is 13.7. The fourth-order valence-corrected chi connectivity index (χ4v) is 4.94. The number of nitrogens with zero attached hydrogens (tertiary/aromatic N) is 1. The van der Waals surface area contributed by atoms with E-state index in [9.17, 15) is 10.1 Å². The molecule has 0 fully saturated rings. The standard InChI is InChI=1S/C24H28N2OS/c1-5-16-8-12-19-20(15-25)23(28-21(19)14-16)26-22(27)13-9-17-6-10-18(11-7-17)24(2,3)4/h6-7,9-11,13,16H,5,8,12,14H2,1-4H3,(H,26,27). The lowest BCUT2D eigenvalue weighted by molar-refractivity contribution is -0.111. The second-order valence-corrected chi connectivity index (χ2v) is 9.64. The molecule has 3 nitrogen and oxygen atoms in total. The molecule has 1 aromatic carbocycles. The van der Waals surface area contributed by atoms with Crippen LogP contribution in [0.25, 0.3) is 6.08 Å². The zero-order valence-electron chi connectivity index (χ0n) is 17.1. The molecule has 28 heavy (non-hydrogen) atoms. The maximum atomic E-state index is 12.4. The van der Waals surface area contributed by atoms with Gasteiger partial charge in [0.25, 0.3) is 0 Å². The summed E-state index contributed by atoms with van der Waals surface area (Å²) >= 11 is 1.57. The number of nitriles is 1. The zero-order valence-corrected chi connectivity index (χ0v) is 18.0. The first-order chi connectivity index (χ1) is 13.3. The SMILES string of the molecule is CCC1CCc2c(sc(NC(=O)C=Cc3ccc(C(C)(C)C)cc3)c2C#N)C1. The Balaban J connectivity index is 1.71. The quantitative estimate of drug-likeness (QED) is 0.641. The fraction of sp³-hybridized carbons (Fsp3) is 0.417. The molecule has 1 N–H and O–H groups in total. The molecule has 0 saturated heterocycles. The van der Waals surface area contributed by atoms with Crippen LogP contribution in [0.4, 0.5) is 5.00 Å². The van der Waals surface area contributed by atoms with Crippen LogP contribution in [-0.2, 0) is 23.1 Å². The third-order valence-corrected chi connectivity index (χ3v) is 6.67. The van der Waals surface area contributed by atoms with E-state index in [-0.39, 0.29) is 11.3 Å². The maximum Gasteiger partial charge on any atom is 0.249 e. The van der Waals surface area contributed by atoms with E-state index in [0.29, 0.717) is 16.5 Å². The van der Waals surface area contributed by atoms with Crippen LogP contribution in [0, 0.1) is 17.2 Å². The Morgan fingerprint density at radius 2 is 2.04 bits per heavy atom. The first-order valence-electron chi connectivity index (χ1n) is 9.96. The highest BCUT2D eigenvalue weighted by molar-refractivity contribution is 7.16. The smallest absolute Gasteiger partial charge is 0.249 e. The van der Waals surface area contributed by atoms with E-state index in [1.807, 2.05) is 18.2 Å². The summed E-state index contributed by atoms with van der Waals surface area (Å²) < 4.78 is 0. The molecule has 1 heterocycles. The van der Waals surface area contributed by atoms with Crippen LogP contribution in [-0.4, -0.2) is 5.91 Å². The van der Waals surface area contributed by atoms with Crippen molar-refractivity contribution in [3.63, 3.8) is 0 Å². The summed E-state index contributed by atoms with van der Waals surface area (Å²) in [5.74, 6) is 0.499. The van der Waals surface area contributed by atoms with Gasteiger partial charge in [0.2, 0.25) is 5.91 Å². The van der Waals surface area contributed by atoms with Crippen LogP contribution in [0.3, 0.4) is 0 Å². The van der Waals surface area contributed by atoms with Crippen LogP contribution >= 0.6 is 11.3 Å². The van der Waals surface area contributed by atoms with Crippen LogP contribution in [0.2, 0.25) is 0 Å². The highest BCUT2D eigenvalue weighted by Gasteiger charge is 2.25. The lowest BCUT2D eigenvalue weighted by atomic mass is 9.86. The van der Waals surface area contributed by atoms with Crippen molar-refractivity contribution in [2.75, 3.05) is 5.32 Å². The normalized spacial score (nSPS) is 16.6. The number of hydrogen-bond donors (Lipinski definition) is 1. The van der Waals surface area contributed by atoms with Crippen LogP contribution in [0.1, 0.15) is 67.7 Å². The van der Waals surface area contributed by atoms with E-state index in [1.165, 1.54) is 10.4 Å². The summed E-state index contributed by atoms with van der Waals surface area (Å²) in [6, 6.07) is 10.6. The molecule has 0 aliphatic heterocycles. The molecular formula is C24H28N2OS. The van der Waals surface area contributed by atoms with Crippen LogP contribution in [0.5, 0.6) is 0 Å². The number of carbonyl (C=O) groups is 1. The minimum absolute atomic E-state index is 0.113. The third-order valence-electron chi connectivity index (χ3n) is 5.50. The number of carbonyl (C=O) groups excluding carboxylic acids is 1. The van der Waals surface area contributed by atoms with E-state index in [0.717, 1.165) is 36.8 Å². The van der Waals surface area contributed by atoms with Crippen molar-refractivity contribution in [1.82, 2.24) is 0 Å². The fourth-order valence-electron chi connectivity index (χ4n) is 3.63. The molecule has 4 heteroatoms. The third kappa shape index (κ3) is 4.54. The molecule has 1 aliphatic carbocycles. The molecule has 1 aliphatic rings. The summed E-state index contributed by atoms with van der Waals surface area (Å²) in [6.45, 7) is 8.76. The Hall–Kier alpha value is -2.38. The average molecular weight is 393 g/mol. The lowest BCUT2D eigenvalue weighted by Crippen LogP contribution is -2.12. The number of benzene rings is 1. The van der Waals surface area contributed by atoms with Gasteiger partial charge < -0.3 is 5.32 Å². The van der Waals surface area contributed by atoms with E-state index in [1.54, 1.807) is 17.4 Å². The van der Waals surface area contributed by atoms with Gasteiger partial charge in [0.05, 0.1) is 5.56 Å². The van der Waals surface area contributed by atoms with Gasteiger partial charge in [-0.3, -0.25) is 4.79 Å². The highest BCUT2D eigenvalue weighted by Crippen LogP contribution is 2.40. The van der Waals surface area contributed by atoms with E-state index in [4.69, 9.17) is 0 Å². The van der Waals surface area contributed by atoms with Gasteiger partial charge in [0.15, 0.2) is 0 Å². The minimum atomic E-state index is -0.193. The number of hydrogen-bond acceptors (Lipinski definition) is 3. The number of nitrogens with one attached hydrogen (secondary N) is 1. The maximum absolute atomic E-state index is 12.4. The van der Waals surface area contributed by atoms with Gasteiger partial charge in [-0.05, 0) is 53.4 Å². The second kappa shape index (κ2) is 8.32. The van der Waals surface area contributed by atoms with Gasteiger partial charge in [-0.2, -0.15) is 5.26 Å². The van der Waals surface area contributed by atoms with Gasteiger partial charge in [-0.15, -0.1) is 11.3 Å². The Morgan fingerprint density at radius 3 is 2.64 bits per heavy atom. The van der Waals surface area contributed by atoms with Crippen molar-refractivity contribution in [1.29, 1.82) is 5.26 Å². The Morgan fingerprint density at radius 1 is 1.32 bits per heavy atom. The number of anilines is 1. The van der Waals surface area contributed by atoms with E-state index >= 15 is 0 Å². The van der Waals surface area contributed by atoms with Gasteiger partial charge in [0, 0.05) is 11.0 Å². The monoisotopic (exact) mass is 392 g/mol. The molecule has 1 amide bonds. The number of fused-ring (bicyclic) bond motifs is 1. The van der Waals surface area contributed by atoms with Crippen molar-refractivity contribution in [2.24, 2.45) is 5.92 Å². The molecule has 0 bridgehead atoms. The predicted octanol–water partition coefficient (Wildman–Crippen LogP) is 6.08. The van der Waals surface area contributed by atoms with E-state index in [2.05, 4.69) is 51.2 Å². The molecule has 0 spiro atoms. The first kappa shape index (κ1) is 20.4. The van der Waals surface area contributed by atoms with Crippen molar-refractivity contribution >= 4 is 28.3 Å². The molecule has 1 atom stereocenters. The predicted molar refractivity (Wildman–Crippen MR) is 118 cm³/mol. The van der Waals surface area contributed by atoms with Gasteiger partial charge in [-0.25, -0.2) is 0 Å². The van der Waals surface area contributed by atoms with Crippen molar-refractivity contribution in [3.8, 4) is 6.07 Å². The van der Waals surface area contributed by atoms with Gasteiger partial charge in [-0.1, -0.05) is 58.4 Å². The Labute approximate surface area is 172 Å². The lowest BCUT2D eigenvalue weighted by Gasteiger charge is -2.20. The molecule has 1 unspecified atom stereocenters. The molecular weight excluding hydrogens is 364 g/mol. The number of rotatable bonds is 4. The van der Waals surface area contributed by atoms with Crippen molar-refractivity contribution < 1.29 is 4.79 Å². The molecule has 0 radical (unpaired) electrons. The Kier molecular flexibility index (Phi) is 6.05. The second-order valence-electron chi connectivity index (χ2n) is 8.53. The molecule has 3 rings (SSSR count). The van der Waals surface area contributed by atoms with Crippen molar-refractivity contribution in [2.45, 2.75) is 58.8 Å². The average Bonchev–Trinajstić information content (AvgIpc) is 3.01.